The largest absolute Gasteiger partial charge is 0.342 e. The van der Waals surface area contributed by atoms with Crippen LogP contribution < -0.4 is 0 Å². The topological polar surface area (TPSA) is 38.1 Å². The quantitative estimate of drug-likeness (QED) is 0.870. The maximum Gasteiger partial charge on any atom is 0.222 e. The summed E-state index contributed by atoms with van der Waals surface area (Å²) >= 11 is 0. The molecular formula is C18H23N3O. The molecule has 0 saturated carbocycles. The van der Waals surface area contributed by atoms with Gasteiger partial charge in [-0.3, -0.25) is 4.79 Å². The van der Waals surface area contributed by atoms with Crippen LogP contribution in [0.3, 0.4) is 0 Å². The molecule has 0 bridgehead atoms. The molecule has 4 heteroatoms. The first-order valence-corrected chi connectivity index (χ1v) is 8.02. The summed E-state index contributed by atoms with van der Waals surface area (Å²) in [6.07, 6.45) is 3.55. The number of benzene rings is 1. The van der Waals surface area contributed by atoms with Crippen LogP contribution in [0.2, 0.25) is 0 Å². The second-order valence-corrected chi connectivity index (χ2v) is 6.01. The molecular weight excluding hydrogens is 274 g/mol. The Labute approximate surface area is 131 Å². The summed E-state index contributed by atoms with van der Waals surface area (Å²) in [5.74, 6) is 1.72. The molecule has 116 valence electrons. The first-order chi connectivity index (χ1) is 10.7. The number of carbonyl (C=O) groups excluding carboxylic acids is 1. The number of carbonyl (C=O) groups is 1. The fraction of sp³-hybridized carbons (Fsp3) is 0.444. The van der Waals surface area contributed by atoms with Crippen molar-refractivity contribution in [1.82, 2.24) is 14.5 Å². The van der Waals surface area contributed by atoms with E-state index in [9.17, 15) is 4.79 Å². The van der Waals surface area contributed by atoms with Crippen LogP contribution in [0.15, 0.2) is 36.5 Å². The van der Waals surface area contributed by atoms with E-state index in [1.807, 2.05) is 24.1 Å². The van der Waals surface area contributed by atoms with Crippen molar-refractivity contribution in [3.05, 3.63) is 53.6 Å². The van der Waals surface area contributed by atoms with Gasteiger partial charge in [0.25, 0.3) is 0 Å². The number of aromatic nitrogens is 2. The van der Waals surface area contributed by atoms with Gasteiger partial charge >= 0.3 is 0 Å². The van der Waals surface area contributed by atoms with Gasteiger partial charge < -0.3 is 9.47 Å². The Morgan fingerprint density at radius 3 is 2.82 bits per heavy atom. The third kappa shape index (κ3) is 2.91. The lowest BCUT2D eigenvalue weighted by atomic mass is 10.1. The van der Waals surface area contributed by atoms with Crippen molar-refractivity contribution in [1.29, 1.82) is 0 Å². The van der Waals surface area contributed by atoms with E-state index in [-0.39, 0.29) is 5.91 Å². The van der Waals surface area contributed by atoms with E-state index in [4.69, 9.17) is 0 Å². The predicted molar refractivity (Wildman–Crippen MR) is 86.7 cm³/mol. The molecule has 1 unspecified atom stereocenters. The van der Waals surface area contributed by atoms with Crippen LogP contribution in [0.1, 0.15) is 42.8 Å². The molecule has 1 aromatic carbocycles. The molecule has 2 aromatic rings. The number of hydrogen-bond acceptors (Lipinski definition) is 2. The van der Waals surface area contributed by atoms with Gasteiger partial charge in [-0.2, -0.15) is 0 Å². The van der Waals surface area contributed by atoms with E-state index in [2.05, 4.69) is 40.7 Å². The summed E-state index contributed by atoms with van der Waals surface area (Å²) in [5, 5.41) is 0. The van der Waals surface area contributed by atoms with Crippen molar-refractivity contribution >= 4 is 5.91 Å². The fourth-order valence-corrected chi connectivity index (χ4v) is 3.20. The van der Waals surface area contributed by atoms with Crippen LogP contribution >= 0.6 is 0 Å². The molecule has 0 radical (unpaired) electrons. The summed E-state index contributed by atoms with van der Waals surface area (Å²) in [7, 11) is 0. The molecule has 22 heavy (non-hydrogen) atoms. The van der Waals surface area contributed by atoms with E-state index < -0.39 is 0 Å². The number of amides is 1. The monoisotopic (exact) mass is 297 g/mol. The summed E-state index contributed by atoms with van der Waals surface area (Å²) < 4.78 is 2.29. The molecule has 1 aromatic heterocycles. The molecule has 0 N–H and O–H groups in total. The van der Waals surface area contributed by atoms with Crippen molar-refractivity contribution in [3.8, 4) is 0 Å². The number of nitrogens with zero attached hydrogens (tertiary/aromatic N) is 3. The highest BCUT2D eigenvalue weighted by molar-refractivity contribution is 5.76. The second-order valence-electron chi connectivity index (χ2n) is 6.01. The Bertz CT molecular complexity index is 648. The zero-order valence-corrected chi connectivity index (χ0v) is 13.3. The summed E-state index contributed by atoms with van der Waals surface area (Å²) in [4.78, 5) is 18.5. The van der Waals surface area contributed by atoms with E-state index >= 15 is 0 Å². The highest BCUT2D eigenvalue weighted by Gasteiger charge is 2.29. The minimum Gasteiger partial charge on any atom is -0.342 e. The number of imidazole rings is 1. The number of rotatable bonds is 4. The van der Waals surface area contributed by atoms with Gasteiger partial charge in [0.1, 0.15) is 5.82 Å². The zero-order valence-electron chi connectivity index (χ0n) is 13.3. The van der Waals surface area contributed by atoms with Crippen LogP contribution in [0.25, 0.3) is 0 Å². The van der Waals surface area contributed by atoms with Crippen molar-refractivity contribution in [3.63, 3.8) is 0 Å². The van der Waals surface area contributed by atoms with Gasteiger partial charge in [-0.15, -0.1) is 0 Å². The molecule has 1 atom stereocenters. The van der Waals surface area contributed by atoms with Gasteiger partial charge in [-0.1, -0.05) is 37.3 Å². The number of aryl methyl sites for hydroxylation is 1. The first-order valence-electron chi connectivity index (χ1n) is 8.02. The Hall–Kier alpha value is -2.10. The van der Waals surface area contributed by atoms with Crippen molar-refractivity contribution < 1.29 is 4.79 Å². The lowest BCUT2D eigenvalue weighted by Gasteiger charge is -2.17. The maximum absolute atomic E-state index is 11.9. The third-order valence-electron chi connectivity index (χ3n) is 4.48. The lowest BCUT2D eigenvalue weighted by molar-refractivity contribution is -0.129. The van der Waals surface area contributed by atoms with E-state index in [1.165, 1.54) is 11.3 Å². The van der Waals surface area contributed by atoms with Gasteiger partial charge in [-0.25, -0.2) is 4.98 Å². The normalized spacial score (nSPS) is 17.9. The first kappa shape index (κ1) is 14.8. The maximum atomic E-state index is 11.9. The molecule has 4 nitrogen and oxygen atoms in total. The van der Waals surface area contributed by atoms with Crippen LogP contribution in [0.5, 0.6) is 0 Å². The van der Waals surface area contributed by atoms with Gasteiger partial charge in [0, 0.05) is 43.9 Å². The molecule has 1 amide bonds. The van der Waals surface area contributed by atoms with E-state index in [0.717, 1.165) is 31.9 Å². The smallest absolute Gasteiger partial charge is 0.222 e. The number of hydrogen-bond donors (Lipinski definition) is 0. The fourth-order valence-electron chi connectivity index (χ4n) is 3.20. The zero-order chi connectivity index (χ0) is 15.5. The Morgan fingerprint density at radius 2 is 2.09 bits per heavy atom. The highest BCUT2D eigenvalue weighted by atomic mass is 16.2. The highest BCUT2D eigenvalue weighted by Crippen LogP contribution is 2.28. The Kier molecular flexibility index (Phi) is 4.27. The average Bonchev–Trinajstić information content (AvgIpc) is 3.16. The van der Waals surface area contributed by atoms with E-state index in [1.54, 1.807) is 0 Å². The van der Waals surface area contributed by atoms with Crippen LogP contribution in [0, 0.1) is 6.92 Å². The van der Waals surface area contributed by atoms with Gasteiger partial charge in [0.2, 0.25) is 5.91 Å². The van der Waals surface area contributed by atoms with Gasteiger partial charge in [0.05, 0.1) is 0 Å². The SMILES string of the molecule is CCC(=O)N1CCC(c2ncc(C)n2Cc2ccccc2)C1. The minimum absolute atomic E-state index is 0.250. The molecule has 2 heterocycles. The molecule has 1 saturated heterocycles. The summed E-state index contributed by atoms with van der Waals surface area (Å²) in [5.41, 5.74) is 2.46. The molecule has 3 rings (SSSR count). The second kappa shape index (κ2) is 6.34. The predicted octanol–water partition coefficient (Wildman–Crippen LogP) is 2.97. The third-order valence-corrected chi connectivity index (χ3v) is 4.48. The standard InChI is InChI=1S/C18H23N3O/c1-3-17(22)20-10-9-16(13-20)18-19-11-14(2)21(18)12-15-7-5-4-6-8-15/h4-8,11,16H,3,9-10,12-13H2,1-2H3. The molecule has 1 aliphatic heterocycles. The molecule has 1 fully saturated rings. The summed E-state index contributed by atoms with van der Waals surface area (Å²) in [6, 6.07) is 10.5. The van der Waals surface area contributed by atoms with Crippen molar-refractivity contribution in [2.45, 2.75) is 39.2 Å². The van der Waals surface area contributed by atoms with Crippen molar-refractivity contribution in [2.75, 3.05) is 13.1 Å². The molecule has 0 spiro atoms. The van der Waals surface area contributed by atoms with Crippen molar-refractivity contribution in [2.24, 2.45) is 0 Å². The molecule has 1 aliphatic rings. The van der Waals surface area contributed by atoms with Gasteiger partial charge in [-0.05, 0) is 18.9 Å². The number of likely N-dealkylation sites (tertiary alicyclic amines) is 1. The summed E-state index contributed by atoms with van der Waals surface area (Å²) in [6.45, 7) is 6.53. The van der Waals surface area contributed by atoms with E-state index in [0.29, 0.717) is 12.3 Å². The van der Waals surface area contributed by atoms with Gasteiger partial charge in [0.15, 0.2) is 0 Å². The Morgan fingerprint density at radius 1 is 1.32 bits per heavy atom. The minimum atomic E-state index is 0.250. The lowest BCUT2D eigenvalue weighted by Crippen LogP contribution is -2.27. The van der Waals surface area contributed by atoms with Crippen LogP contribution in [-0.4, -0.2) is 33.4 Å². The van der Waals surface area contributed by atoms with Crippen LogP contribution in [0.4, 0.5) is 0 Å². The average molecular weight is 297 g/mol. The molecule has 0 aliphatic carbocycles. The Balaban J connectivity index is 1.79. The van der Waals surface area contributed by atoms with Crippen LogP contribution in [-0.2, 0) is 11.3 Å².